The molecule has 5 nitrogen and oxygen atoms in total. The molecule has 1 fully saturated rings. The number of nitrogens with one attached hydrogen (secondary N) is 1. The number of carbonyl (C=O) groups is 1. The van der Waals surface area contributed by atoms with Gasteiger partial charge in [0, 0.05) is 25.1 Å². The summed E-state index contributed by atoms with van der Waals surface area (Å²) in [6.45, 7) is 3.03. The van der Waals surface area contributed by atoms with Crippen LogP contribution in [0.25, 0.3) is 0 Å². The van der Waals surface area contributed by atoms with Crippen LogP contribution in [0.15, 0.2) is 17.5 Å². The van der Waals surface area contributed by atoms with Crippen LogP contribution in [0.3, 0.4) is 0 Å². The van der Waals surface area contributed by atoms with Gasteiger partial charge in [0.15, 0.2) is 0 Å². The van der Waals surface area contributed by atoms with Gasteiger partial charge in [-0.05, 0) is 17.9 Å². The van der Waals surface area contributed by atoms with Gasteiger partial charge in [0.25, 0.3) is 0 Å². The van der Waals surface area contributed by atoms with Crippen LogP contribution in [0, 0.1) is 0 Å². The fraction of sp³-hybridized carbons (Fsp3) is 0.615. The second kappa shape index (κ2) is 7.59. The van der Waals surface area contributed by atoms with E-state index in [1.165, 1.54) is 4.88 Å². The molecule has 1 aliphatic rings. The minimum Gasteiger partial charge on any atom is -0.382 e. The van der Waals surface area contributed by atoms with E-state index in [9.17, 15) is 4.79 Å². The Kier molecular flexibility index (Phi) is 5.78. The highest BCUT2D eigenvalue weighted by Crippen LogP contribution is 2.26. The standard InChI is InChI=1S/C13H20N2O3S/c1-17-7-8-18-6-3-5-15-12(16)10-14-13(15)11-4-2-9-19-11/h2,4,9,13-14H,3,5-8,10H2,1H3. The molecule has 1 aromatic heterocycles. The maximum Gasteiger partial charge on any atom is 0.238 e. The zero-order valence-electron chi connectivity index (χ0n) is 11.1. The zero-order chi connectivity index (χ0) is 13.5. The molecule has 6 heteroatoms. The van der Waals surface area contributed by atoms with Crippen molar-refractivity contribution in [3.63, 3.8) is 0 Å². The highest BCUT2D eigenvalue weighted by molar-refractivity contribution is 7.10. The van der Waals surface area contributed by atoms with E-state index in [0.717, 1.165) is 13.0 Å². The molecule has 1 amide bonds. The largest absolute Gasteiger partial charge is 0.382 e. The summed E-state index contributed by atoms with van der Waals surface area (Å²) in [4.78, 5) is 14.9. The number of rotatable bonds is 8. The minimum absolute atomic E-state index is 0.0338. The van der Waals surface area contributed by atoms with Crippen molar-refractivity contribution >= 4 is 17.2 Å². The van der Waals surface area contributed by atoms with Gasteiger partial charge in [-0.1, -0.05) is 6.07 Å². The van der Waals surface area contributed by atoms with Crippen molar-refractivity contribution in [1.29, 1.82) is 0 Å². The van der Waals surface area contributed by atoms with Gasteiger partial charge in [-0.15, -0.1) is 11.3 Å². The van der Waals surface area contributed by atoms with E-state index in [2.05, 4.69) is 11.4 Å². The molecule has 0 radical (unpaired) electrons. The number of carbonyl (C=O) groups excluding carboxylic acids is 1. The summed E-state index contributed by atoms with van der Waals surface area (Å²) in [5.74, 6) is 0.162. The number of methoxy groups -OCH3 is 1. The Morgan fingerprint density at radius 1 is 1.47 bits per heavy atom. The minimum atomic E-state index is 0.0338. The Morgan fingerprint density at radius 3 is 3.11 bits per heavy atom. The third kappa shape index (κ3) is 4.01. The van der Waals surface area contributed by atoms with E-state index in [1.54, 1.807) is 18.4 Å². The molecular weight excluding hydrogens is 264 g/mol. The Bertz CT molecular complexity index is 383. The van der Waals surface area contributed by atoms with E-state index in [1.807, 2.05) is 16.3 Å². The summed E-state index contributed by atoms with van der Waals surface area (Å²) >= 11 is 1.67. The van der Waals surface area contributed by atoms with Gasteiger partial charge < -0.3 is 14.4 Å². The molecule has 1 atom stereocenters. The Labute approximate surface area is 117 Å². The normalized spacial score (nSPS) is 19.3. The first-order valence-electron chi connectivity index (χ1n) is 6.46. The van der Waals surface area contributed by atoms with Gasteiger partial charge in [-0.3, -0.25) is 10.1 Å². The van der Waals surface area contributed by atoms with Gasteiger partial charge in [-0.25, -0.2) is 0 Å². The number of ether oxygens (including phenoxy) is 2. The molecule has 0 bridgehead atoms. The summed E-state index contributed by atoms with van der Waals surface area (Å²) in [6.07, 6.45) is 0.880. The first-order chi connectivity index (χ1) is 9.33. The molecule has 19 heavy (non-hydrogen) atoms. The van der Waals surface area contributed by atoms with Crippen LogP contribution < -0.4 is 5.32 Å². The Balaban J connectivity index is 1.75. The van der Waals surface area contributed by atoms with Crippen LogP contribution in [-0.2, 0) is 14.3 Å². The topological polar surface area (TPSA) is 50.8 Å². The van der Waals surface area contributed by atoms with E-state index in [-0.39, 0.29) is 12.1 Å². The van der Waals surface area contributed by atoms with Gasteiger partial charge in [0.1, 0.15) is 6.17 Å². The van der Waals surface area contributed by atoms with E-state index in [4.69, 9.17) is 9.47 Å². The van der Waals surface area contributed by atoms with Crippen LogP contribution in [0.2, 0.25) is 0 Å². The third-order valence-corrected chi connectivity index (χ3v) is 3.94. The van der Waals surface area contributed by atoms with Crippen molar-refractivity contribution in [2.45, 2.75) is 12.6 Å². The first-order valence-corrected chi connectivity index (χ1v) is 7.34. The number of nitrogens with zero attached hydrogens (tertiary/aromatic N) is 1. The van der Waals surface area contributed by atoms with Crippen LogP contribution in [0.4, 0.5) is 0 Å². The Hall–Kier alpha value is -0.950. The molecule has 2 heterocycles. The fourth-order valence-electron chi connectivity index (χ4n) is 2.08. The highest BCUT2D eigenvalue weighted by atomic mass is 32.1. The average molecular weight is 284 g/mol. The molecular formula is C13H20N2O3S. The van der Waals surface area contributed by atoms with Crippen LogP contribution >= 0.6 is 11.3 Å². The van der Waals surface area contributed by atoms with E-state index < -0.39 is 0 Å². The first kappa shape index (κ1) is 14.5. The van der Waals surface area contributed by atoms with Crippen LogP contribution in [-0.4, -0.2) is 50.8 Å². The van der Waals surface area contributed by atoms with Gasteiger partial charge in [0.2, 0.25) is 5.91 Å². The quantitative estimate of drug-likeness (QED) is 0.730. The predicted molar refractivity (Wildman–Crippen MR) is 74.1 cm³/mol. The lowest BCUT2D eigenvalue weighted by atomic mass is 10.3. The lowest BCUT2D eigenvalue weighted by molar-refractivity contribution is -0.128. The summed E-state index contributed by atoms with van der Waals surface area (Å²) in [5.41, 5.74) is 0. The maximum atomic E-state index is 11.9. The molecule has 1 saturated heterocycles. The smallest absolute Gasteiger partial charge is 0.238 e. The van der Waals surface area contributed by atoms with Crippen molar-refractivity contribution in [3.8, 4) is 0 Å². The Morgan fingerprint density at radius 2 is 2.37 bits per heavy atom. The molecule has 1 aliphatic heterocycles. The molecule has 0 aromatic carbocycles. The highest BCUT2D eigenvalue weighted by Gasteiger charge is 2.31. The molecule has 1 aromatic rings. The average Bonchev–Trinajstić information content (AvgIpc) is 3.04. The van der Waals surface area contributed by atoms with Gasteiger partial charge >= 0.3 is 0 Å². The second-order valence-corrected chi connectivity index (χ2v) is 5.32. The monoisotopic (exact) mass is 284 g/mol. The predicted octanol–water partition coefficient (Wildman–Crippen LogP) is 1.23. The van der Waals surface area contributed by atoms with E-state index in [0.29, 0.717) is 26.4 Å². The third-order valence-electron chi connectivity index (χ3n) is 3.01. The van der Waals surface area contributed by atoms with Crippen molar-refractivity contribution in [1.82, 2.24) is 10.2 Å². The molecule has 1 unspecified atom stereocenters. The number of hydrogen-bond acceptors (Lipinski definition) is 5. The summed E-state index contributed by atoms with van der Waals surface area (Å²) in [6, 6.07) is 4.07. The lowest BCUT2D eigenvalue weighted by Crippen LogP contribution is -2.31. The number of amides is 1. The van der Waals surface area contributed by atoms with E-state index >= 15 is 0 Å². The van der Waals surface area contributed by atoms with Crippen LogP contribution in [0.1, 0.15) is 17.5 Å². The number of thiophene rings is 1. The van der Waals surface area contributed by atoms with Crippen molar-refractivity contribution in [2.75, 3.05) is 40.0 Å². The molecule has 106 valence electrons. The van der Waals surface area contributed by atoms with Crippen molar-refractivity contribution < 1.29 is 14.3 Å². The molecule has 2 rings (SSSR count). The molecule has 0 aliphatic carbocycles. The van der Waals surface area contributed by atoms with Crippen LogP contribution in [0.5, 0.6) is 0 Å². The maximum absolute atomic E-state index is 11.9. The molecule has 0 saturated carbocycles. The van der Waals surface area contributed by atoms with Gasteiger partial charge in [0.05, 0.1) is 19.8 Å². The van der Waals surface area contributed by atoms with Gasteiger partial charge in [-0.2, -0.15) is 0 Å². The zero-order valence-corrected chi connectivity index (χ0v) is 11.9. The van der Waals surface area contributed by atoms with Crippen molar-refractivity contribution in [3.05, 3.63) is 22.4 Å². The SMILES string of the molecule is COCCOCCCN1C(=O)CNC1c1cccs1. The molecule has 1 N–H and O–H groups in total. The summed E-state index contributed by atoms with van der Waals surface area (Å²) in [5, 5.41) is 5.28. The number of hydrogen-bond donors (Lipinski definition) is 1. The molecule has 0 spiro atoms. The fourth-order valence-corrected chi connectivity index (χ4v) is 2.89. The summed E-state index contributed by atoms with van der Waals surface area (Å²) < 4.78 is 10.3. The summed E-state index contributed by atoms with van der Waals surface area (Å²) in [7, 11) is 1.66. The second-order valence-electron chi connectivity index (χ2n) is 4.34. The van der Waals surface area contributed by atoms with Crippen molar-refractivity contribution in [2.24, 2.45) is 0 Å². The lowest BCUT2D eigenvalue weighted by Gasteiger charge is -2.23.